The highest BCUT2D eigenvalue weighted by molar-refractivity contribution is 5.95. The predicted octanol–water partition coefficient (Wildman–Crippen LogP) is 6.89. The number of nitrogens with one attached hydrogen (secondary N) is 8. The van der Waals surface area contributed by atoms with E-state index in [1.165, 1.54) is 0 Å². The van der Waals surface area contributed by atoms with Crippen LogP contribution in [0.5, 0.6) is 17.2 Å². The smallest absolute Gasteiger partial charge is 0.243 e. The van der Waals surface area contributed by atoms with Gasteiger partial charge in [-0.1, -0.05) is 175 Å². The number of benzene rings is 6. The first-order chi connectivity index (χ1) is 41.1. The highest BCUT2D eigenvalue weighted by Crippen LogP contribution is 2.22. The molecule has 2 aliphatic rings. The van der Waals surface area contributed by atoms with Crippen molar-refractivity contribution in [1.29, 1.82) is 0 Å². The molecule has 0 saturated heterocycles. The summed E-state index contributed by atoms with van der Waals surface area (Å²) in [5.74, 6) is -0.735. The number of amides is 6. The van der Waals surface area contributed by atoms with Gasteiger partial charge in [-0.15, -0.1) is 0 Å². The highest BCUT2D eigenvalue weighted by Gasteiger charge is 2.33. The van der Waals surface area contributed by atoms with Crippen LogP contribution in [0.1, 0.15) is 81.7 Å². The fourth-order valence-corrected chi connectivity index (χ4v) is 10.2. The Morgan fingerprint density at radius 2 is 1.02 bits per heavy atom. The Labute approximate surface area is 499 Å². The third-order valence-corrected chi connectivity index (χ3v) is 14.9. The lowest BCUT2D eigenvalue weighted by molar-refractivity contribution is -0.133. The molecule has 0 unspecified atom stereocenters. The third kappa shape index (κ3) is 20.1. The van der Waals surface area contributed by atoms with Gasteiger partial charge < -0.3 is 57.1 Å². The number of carbonyl (C=O) groups is 6. The van der Waals surface area contributed by atoms with Gasteiger partial charge in [0.15, 0.2) is 0 Å². The Hall–Kier alpha value is -8.54. The van der Waals surface area contributed by atoms with Gasteiger partial charge in [-0.25, -0.2) is 0 Å². The van der Waals surface area contributed by atoms with Crippen molar-refractivity contribution in [2.75, 3.05) is 39.4 Å². The summed E-state index contributed by atoms with van der Waals surface area (Å²) in [4.78, 5) is 80.7. The van der Waals surface area contributed by atoms with E-state index in [9.17, 15) is 33.9 Å². The first-order valence-electron chi connectivity index (χ1n) is 29.8. The largest absolute Gasteiger partial charge is 0.508 e. The van der Waals surface area contributed by atoms with Gasteiger partial charge in [0.2, 0.25) is 35.4 Å². The maximum Gasteiger partial charge on any atom is 0.243 e. The molecular weight excluding hydrogens is 1070 g/mol. The van der Waals surface area contributed by atoms with Gasteiger partial charge in [0, 0.05) is 38.2 Å². The Balaban J connectivity index is 0.000000244. The molecule has 450 valence electrons. The van der Waals surface area contributed by atoms with E-state index < -0.39 is 42.2 Å². The lowest BCUT2D eigenvalue weighted by Crippen LogP contribution is -2.58. The number of para-hydroxylation sites is 2. The van der Waals surface area contributed by atoms with Crippen LogP contribution in [0.25, 0.3) is 16.8 Å². The molecule has 6 atom stereocenters. The molecule has 6 amide bonds. The van der Waals surface area contributed by atoms with Crippen molar-refractivity contribution < 1.29 is 43.3 Å². The molecular formula is C68H84N8O9. The molecule has 6 aromatic rings. The van der Waals surface area contributed by atoms with Crippen molar-refractivity contribution in [3.63, 3.8) is 0 Å². The molecule has 2 aliphatic heterocycles. The lowest BCUT2D eigenvalue weighted by atomic mass is 9.99. The molecule has 8 rings (SSSR count). The van der Waals surface area contributed by atoms with E-state index in [0.29, 0.717) is 64.3 Å². The second kappa shape index (κ2) is 33.1. The van der Waals surface area contributed by atoms with Crippen molar-refractivity contribution in [3.05, 3.63) is 179 Å². The van der Waals surface area contributed by atoms with Crippen LogP contribution in [0.3, 0.4) is 0 Å². The van der Waals surface area contributed by atoms with Crippen LogP contribution in [0, 0.1) is 11.8 Å². The summed E-state index contributed by atoms with van der Waals surface area (Å²) in [5.41, 5.74) is 4.67. The van der Waals surface area contributed by atoms with E-state index in [2.05, 4.69) is 66.8 Å². The zero-order valence-corrected chi connectivity index (χ0v) is 49.5. The maximum atomic E-state index is 13.7. The van der Waals surface area contributed by atoms with E-state index in [4.69, 9.17) is 9.47 Å². The van der Waals surface area contributed by atoms with Crippen LogP contribution in [0.2, 0.25) is 0 Å². The molecule has 0 spiro atoms. The number of phenolic OH excluding ortho intramolecular Hbond substituents is 1. The Morgan fingerprint density at radius 1 is 0.494 bits per heavy atom. The fraction of sp³-hybridized carbons (Fsp3) is 0.382. The number of carbonyl (C=O) groups excluding carboxylic acids is 6. The third-order valence-electron chi connectivity index (χ3n) is 14.9. The summed E-state index contributed by atoms with van der Waals surface area (Å²) in [7, 11) is 0. The topological polar surface area (TPSA) is 237 Å². The van der Waals surface area contributed by atoms with Crippen molar-refractivity contribution >= 4 is 52.3 Å². The van der Waals surface area contributed by atoms with E-state index in [1.54, 1.807) is 24.3 Å². The number of aryl methyl sites for hydroxylation is 1. The van der Waals surface area contributed by atoms with Crippen LogP contribution in [0.15, 0.2) is 152 Å². The van der Waals surface area contributed by atoms with E-state index in [1.807, 2.05) is 144 Å². The highest BCUT2D eigenvalue weighted by atomic mass is 16.5. The standard InChI is InChI=1S/C34H40N4O5.C34H44N4O4/c1-23(2)31-34(42)37-29(22-24-9-4-3-5-10-24)32(40)36-18-8-12-26-11-6-7-13-30(26)43-20-19-35-28(33(41)38-31)21-25-14-16-27(39)17-15-25;1-4-10-28-32(39)36-18-9-14-26-12-7-8-15-30(26)42-20-19-35-29(33(40)38-31(23(2)3)34(41)37-28)22-24-16-17-25-11-5-6-13-27(25)21-24/h3-17,23,28-29,31,35,39H,18-22H2,1-2H3,(H,36,40)(H,37,42)(H,38,41);5-8,11-13,15-17,21,23,28-29,31,35H,4,9-10,14,18-20,22H2,1-3H3,(H,36,39)(H,37,41)(H,38,40)/b12-8+;/t28-,29+,31-;28-,29+,31+/m10/s1. The first-order valence-corrected chi connectivity index (χ1v) is 29.8. The molecule has 17 heteroatoms. The quantitative estimate of drug-likeness (QED) is 0.0685. The molecule has 6 aromatic carbocycles. The van der Waals surface area contributed by atoms with E-state index >= 15 is 0 Å². The van der Waals surface area contributed by atoms with Crippen LogP contribution in [0.4, 0.5) is 0 Å². The molecule has 85 heavy (non-hydrogen) atoms. The minimum atomic E-state index is -0.871. The Bertz CT molecular complexity index is 3170. The van der Waals surface area contributed by atoms with Gasteiger partial charge in [0.25, 0.3) is 0 Å². The average Bonchev–Trinajstić information content (AvgIpc) is 3.64. The molecule has 2 heterocycles. The fourth-order valence-electron chi connectivity index (χ4n) is 10.2. The molecule has 17 nitrogen and oxygen atoms in total. The zero-order chi connectivity index (χ0) is 60.5. The molecule has 0 fully saturated rings. The summed E-state index contributed by atoms with van der Waals surface area (Å²) in [6.45, 7) is 11.7. The minimum Gasteiger partial charge on any atom is -0.508 e. The first kappa shape index (κ1) is 64.0. The van der Waals surface area contributed by atoms with Crippen molar-refractivity contribution in [3.8, 4) is 17.2 Å². The normalized spacial score (nSPS) is 21.3. The van der Waals surface area contributed by atoms with Crippen molar-refractivity contribution in [2.45, 2.75) is 116 Å². The number of aromatic hydroxyl groups is 1. The van der Waals surface area contributed by atoms with Gasteiger partial charge in [0.1, 0.15) is 54.6 Å². The van der Waals surface area contributed by atoms with Crippen molar-refractivity contribution in [1.82, 2.24) is 42.5 Å². The van der Waals surface area contributed by atoms with E-state index in [-0.39, 0.29) is 53.7 Å². The summed E-state index contributed by atoms with van der Waals surface area (Å²) in [5, 5.41) is 36.2. The maximum absolute atomic E-state index is 13.7. The Morgan fingerprint density at radius 3 is 1.68 bits per heavy atom. The average molecular weight is 1160 g/mol. The minimum absolute atomic E-state index is 0.137. The molecule has 0 bridgehead atoms. The SMILES string of the molecule is CC(C)[C@H]1NC(=O)[C@@H](Cc2ccc(O)cc2)NCCOc2ccccc2/C=C/CNC(=O)[C@H](Cc2ccccc2)NC1=O.CCC[C@@H]1NC(=O)[C@@H](C(C)C)NC(=O)[C@@H](Cc2ccc3ccccc3c2)NCCOc2ccccc2CCCNC1=O. The molecule has 9 N–H and O–H groups in total. The lowest BCUT2D eigenvalue weighted by Gasteiger charge is -2.27. The number of hydrogen-bond donors (Lipinski definition) is 9. The Kier molecular flexibility index (Phi) is 24.9. The zero-order valence-electron chi connectivity index (χ0n) is 49.5. The van der Waals surface area contributed by atoms with Crippen molar-refractivity contribution in [2.24, 2.45) is 11.8 Å². The number of phenols is 1. The van der Waals surface area contributed by atoms with Gasteiger partial charge in [0.05, 0.1) is 12.1 Å². The summed E-state index contributed by atoms with van der Waals surface area (Å²) in [6.07, 6.45) is 7.53. The second-order valence-corrected chi connectivity index (χ2v) is 22.2. The molecule has 0 aromatic heterocycles. The van der Waals surface area contributed by atoms with Crippen LogP contribution >= 0.6 is 0 Å². The van der Waals surface area contributed by atoms with Gasteiger partial charge in [-0.2, -0.15) is 0 Å². The van der Waals surface area contributed by atoms with Gasteiger partial charge in [-0.05, 0) is 101 Å². The number of rotatable bonds is 10. The molecule has 0 saturated carbocycles. The summed E-state index contributed by atoms with van der Waals surface area (Å²) >= 11 is 0. The predicted molar refractivity (Wildman–Crippen MR) is 333 cm³/mol. The van der Waals surface area contributed by atoms with Gasteiger partial charge in [-0.3, -0.25) is 28.8 Å². The molecule has 0 aliphatic carbocycles. The summed E-state index contributed by atoms with van der Waals surface area (Å²) in [6, 6.07) is 41.5. The monoisotopic (exact) mass is 1160 g/mol. The number of hydrogen-bond acceptors (Lipinski definition) is 11. The van der Waals surface area contributed by atoms with Crippen LogP contribution in [-0.4, -0.2) is 116 Å². The molecule has 0 radical (unpaired) electrons. The van der Waals surface area contributed by atoms with Crippen LogP contribution < -0.4 is 52.0 Å². The van der Waals surface area contributed by atoms with E-state index in [0.717, 1.165) is 63.6 Å². The number of fused-ring (bicyclic) bond motifs is 3. The summed E-state index contributed by atoms with van der Waals surface area (Å²) < 4.78 is 12.2. The van der Waals surface area contributed by atoms with Crippen LogP contribution in [-0.2, 0) is 54.5 Å². The van der Waals surface area contributed by atoms with Gasteiger partial charge >= 0.3 is 0 Å². The number of ether oxygens (including phenoxy) is 2. The second-order valence-electron chi connectivity index (χ2n) is 22.2.